The number of benzene rings is 1. The Balaban J connectivity index is 1.34. The minimum absolute atomic E-state index is 0.0213. The van der Waals surface area contributed by atoms with Gasteiger partial charge >= 0.3 is 0 Å². The maximum Gasteiger partial charge on any atom is 0.290 e. The number of hydrogen-bond acceptors (Lipinski definition) is 8. The van der Waals surface area contributed by atoms with Crippen molar-refractivity contribution < 1.29 is 18.4 Å². The second kappa shape index (κ2) is 11.0. The first-order valence-corrected chi connectivity index (χ1v) is 13.3. The molecule has 0 aliphatic carbocycles. The van der Waals surface area contributed by atoms with Crippen molar-refractivity contribution in [3.63, 3.8) is 0 Å². The number of rotatable bonds is 6. The predicted molar refractivity (Wildman–Crippen MR) is 148 cm³/mol. The topological polar surface area (TPSA) is 140 Å². The van der Waals surface area contributed by atoms with Crippen molar-refractivity contribution in [2.75, 3.05) is 32.7 Å². The van der Waals surface area contributed by atoms with Gasteiger partial charge in [0.05, 0.1) is 11.3 Å². The molecule has 1 aromatic heterocycles. The fraction of sp³-hybridized carbons (Fsp3) is 0.429. The van der Waals surface area contributed by atoms with Gasteiger partial charge in [-0.05, 0) is 45.2 Å². The number of likely N-dealkylation sites (tertiary alicyclic amines) is 2. The van der Waals surface area contributed by atoms with Crippen molar-refractivity contribution in [3.05, 3.63) is 52.8 Å². The molecule has 3 aliphatic rings. The summed E-state index contributed by atoms with van der Waals surface area (Å²) in [5.41, 5.74) is 11.4. The summed E-state index contributed by atoms with van der Waals surface area (Å²) in [5, 5.41) is 16.8. The highest BCUT2D eigenvalue weighted by molar-refractivity contribution is 6.53. The van der Waals surface area contributed by atoms with Gasteiger partial charge in [-0.25, -0.2) is 9.82 Å². The number of carbonyl (C=O) groups is 2. The second-order valence-corrected chi connectivity index (χ2v) is 10.4. The largest absolute Gasteiger partial charge is 0.454 e. The Labute approximate surface area is 226 Å². The van der Waals surface area contributed by atoms with E-state index < -0.39 is 12.1 Å². The van der Waals surface area contributed by atoms with Crippen LogP contribution in [0.15, 0.2) is 45.4 Å². The van der Waals surface area contributed by atoms with Crippen molar-refractivity contribution in [1.29, 1.82) is 5.41 Å². The van der Waals surface area contributed by atoms with E-state index in [-0.39, 0.29) is 29.1 Å². The summed E-state index contributed by atoms with van der Waals surface area (Å²) < 4.78 is 19.6. The molecule has 2 aromatic rings. The Morgan fingerprint density at radius 1 is 1.28 bits per heavy atom. The molecule has 4 heterocycles. The number of furan rings is 1. The Hall–Kier alpha value is -3.99. The number of fused-ring (bicyclic) bond motifs is 1. The van der Waals surface area contributed by atoms with E-state index in [1.165, 1.54) is 0 Å². The van der Waals surface area contributed by atoms with Crippen molar-refractivity contribution in [2.24, 2.45) is 10.8 Å². The molecule has 2 fully saturated rings. The summed E-state index contributed by atoms with van der Waals surface area (Å²) in [6.07, 6.45) is 4.46. The smallest absolute Gasteiger partial charge is 0.290 e. The molecule has 2 saturated heterocycles. The maximum absolute atomic E-state index is 13.4. The van der Waals surface area contributed by atoms with Gasteiger partial charge in [-0.15, -0.1) is 0 Å². The number of alkyl halides is 1. The zero-order valence-corrected chi connectivity index (χ0v) is 22.2. The van der Waals surface area contributed by atoms with Gasteiger partial charge in [-0.1, -0.05) is 17.7 Å². The van der Waals surface area contributed by atoms with Crippen LogP contribution in [0.2, 0.25) is 0 Å². The third-order valence-corrected chi connectivity index (χ3v) is 7.57. The molecule has 1 unspecified atom stereocenters. The van der Waals surface area contributed by atoms with Gasteiger partial charge in [0.25, 0.3) is 5.91 Å². The highest BCUT2D eigenvalue weighted by atomic mass is 19.1. The number of amidine groups is 1. The Morgan fingerprint density at radius 2 is 2.05 bits per heavy atom. The lowest BCUT2D eigenvalue weighted by Gasteiger charge is -2.33. The summed E-state index contributed by atoms with van der Waals surface area (Å²) in [6, 6.07) is 5.85. The van der Waals surface area contributed by atoms with E-state index >= 15 is 0 Å². The SMILES string of the molecule is Cc1ccc2oc(/C(NC3CCN(C(=O)/C=C/CN4CCC(F)C4)CC3)=C3/C(=N)C(=O)NN=C3N)c(C)c2c1. The third kappa shape index (κ3) is 5.58. The van der Waals surface area contributed by atoms with Crippen molar-refractivity contribution in [2.45, 2.75) is 45.3 Å². The van der Waals surface area contributed by atoms with Crippen LogP contribution in [-0.4, -0.2) is 78.1 Å². The number of aryl methyl sites for hydroxylation is 2. The molecule has 0 radical (unpaired) electrons. The van der Waals surface area contributed by atoms with Crippen LogP contribution >= 0.6 is 0 Å². The second-order valence-electron chi connectivity index (χ2n) is 10.4. The fourth-order valence-electron chi connectivity index (χ4n) is 5.35. The molecular weight excluding hydrogens is 501 g/mol. The van der Waals surface area contributed by atoms with E-state index in [9.17, 15) is 14.0 Å². The summed E-state index contributed by atoms with van der Waals surface area (Å²) in [5.74, 6) is -0.185. The standard InChI is InChI=1S/C28H34FN7O3/c1-16-5-6-21-20(14-16)17(2)26(39-21)25(23-24(30)28(38)34-33-27(23)31)32-19-8-12-36(13-9-19)22(37)4-3-10-35-11-7-18(29)15-35/h3-6,14,18-19,30,32H,7-13,15H2,1-2H3,(H2,31,33)(H,34,38)/b4-3+,25-23+,30-24?. The number of nitrogens with one attached hydrogen (secondary N) is 3. The quantitative estimate of drug-likeness (QED) is 0.419. The molecule has 1 aromatic carbocycles. The normalized spacial score (nSPS) is 22.5. The fourth-order valence-corrected chi connectivity index (χ4v) is 5.35. The van der Waals surface area contributed by atoms with Crippen LogP contribution in [0, 0.1) is 19.3 Å². The molecule has 0 spiro atoms. The molecule has 10 nitrogen and oxygen atoms in total. The van der Waals surface area contributed by atoms with E-state index in [4.69, 9.17) is 15.6 Å². The first-order chi connectivity index (χ1) is 18.7. The van der Waals surface area contributed by atoms with Gasteiger partial charge in [0.2, 0.25) is 5.91 Å². The molecule has 0 saturated carbocycles. The number of carbonyl (C=O) groups excluding carboxylic acids is 2. The monoisotopic (exact) mass is 535 g/mol. The third-order valence-electron chi connectivity index (χ3n) is 7.57. The van der Waals surface area contributed by atoms with Crippen LogP contribution in [0.1, 0.15) is 36.1 Å². The van der Waals surface area contributed by atoms with Crippen LogP contribution in [0.25, 0.3) is 16.7 Å². The highest BCUT2D eigenvalue weighted by Crippen LogP contribution is 2.33. The lowest BCUT2D eigenvalue weighted by Crippen LogP contribution is -2.46. The van der Waals surface area contributed by atoms with Crippen LogP contribution in [-0.2, 0) is 9.59 Å². The molecule has 11 heteroatoms. The van der Waals surface area contributed by atoms with Gasteiger partial charge in [0.1, 0.15) is 17.5 Å². The first-order valence-electron chi connectivity index (χ1n) is 13.3. The lowest BCUT2D eigenvalue weighted by molar-refractivity contribution is -0.127. The van der Waals surface area contributed by atoms with Crippen molar-refractivity contribution in [3.8, 4) is 0 Å². The molecule has 1 atom stereocenters. The number of halogens is 1. The van der Waals surface area contributed by atoms with Gasteiger partial charge in [-0.3, -0.25) is 19.9 Å². The Bertz CT molecular complexity index is 1400. The average Bonchev–Trinajstić information content (AvgIpc) is 3.48. The Morgan fingerprint density at radius 3 is 2.77 bits per heavy atom. The van der Waals surface area contributed by atoms with Gasteiger partial charge in [-0.2, -0.15) is 5.10 Å². The summed E-state index contributed by atoms with van der Waals surface area (Å²) in [6.45, 7) is 6.73. The molecule has 2 amide bonds. The van der Waals surface area contributed by atoms with Gasteiger partial charge < -0.3 is 20.4 Å². The minimum Gasteiger partial charge on any atom is -0.454 e. The summed E-state index contributed by atoms with van der Waals surface area (Å²) in [7, 11) is 0. The maximum atomic E-state index is 13.4. The molecule has 39 heavy (non-hydrogen) atoms. The highest BCUT2D eigenvalue weighted by Gasteiger charge is 2.32. The number of amides is 2. The van der Waals surface area contributed by atoms with Gasteiger partial charge in [0, 0.05) is 55.8 Å². The van der Waals surface area contributed by atoms with E-state index in [1.54, 1.807) is 17.1 Å². The predicted octanol–water partition coefficient (Wildman–Crippen LogP) is 2.36. The molecule has 3 aliphatic heterocycles. The van der Waals surface area contributed by atoms with Crippen LogP contribution in [0.4, 0.5) is 4.39 Å². The minimum atomic E-state index is -0.777. The molecular formula is C28H34FN7O3. The van der Waals surface area contributed by atoms with Crippen molar-refractivity contribution in [1.82, 2.24) is 20.5 Å². The molecule has 0 bridgehead atoms. The average molecular weight is 536 g/mol. The van der Waals surface area contributed by atoms with E-state index in [0.29, 0.717) is 69.0 Å². The Kier molecular flexibility index (Phi) is 7.51. The van der Waals surface area contributed by atoms with E-state index in [2.05, 4.69) is 15.8 Å². The lowest BCUT2D eigenvalue weighted by atomic mass is 9.98. The number of nitrogens with zero attached hydrogens (tertiary/aromatic N) is 3. The van der Waals surface area contributed by atoms with Crippen LogP contribution in [0.5, 0.6) is 0 Å². The number of hydrogen-bond donors (Lipinski definition) is 4. The number of hydrazone groups is 1. The molecule has 5 rings (SSSR count). The number of nitrogens with two attached hydrogens (primary N) is 1. The number of piperidine rings is 1. The van der Waals surface area contributed by atoms with Crippen LogP contribution in [0.3, 0.4) is 0 Å². The van der Waals surface area contributed by atoms with E-state index in [1.807, 2.05) is 36.9 Å². The van der Waals surface area contributed by atoms with Gasteiger partial charge in [0.15, 0.2) is 11.6 Å². The van der Waals surface area contributed by atoms with Crippen LogP contribution < -0.4 is 16.5 Å². The summed E-state index contributed by atoms with van der Waals surface area (Å²) >= 11 is 0. The zero-order valence-electron chi connectivity index (χ0n) is 22.2. The molecule has 5 N–H and O–H groups in total. The first kappa shape index (κ1) is 26.6. The molecule has 206 valence electrons. The zero-order chi connectivity index (χ0) is 27.7. The summed E-state index contributed by atoms with van der Waals surface area (Å²) in [4.78, 5) is 28.8. The van der Waals surface area contributed by atoms with Crippen molar-refractivity contribution >= 4 is 40.0 Å². The van der Waals surface area contributed by atoms with E-state index in [0.717, 1.165) is 16.5 Å².